The van der Waals surface area contributed by atoms with Crippen LogP contribution in [0.15, 0.2) is 36.4 Å². The molecule has 0 spiro atoms. The van der Waals surface area contributed by atoms with Gasteiger partial charge in [0.1, 0.15) is 5.69 Å². The summed E-state index contributed by atoms with van der Waals surface area (Å²) in [5, 5.41) is 11.9. The Morgan fingerprint density at radius 1 is 1.23 bits per heavy atom. The number of para-hydroxylation sites is 1. The molecule has 1 aliphatic rings. The second-order valence-corrected chi connectivity index (χ2v) is 5.50. The molecule has 1 aliphatic heterocycles. The molecule has 22 heavy (non-hydrogen) atoms. The molecule has 1 heterocycles. The summed E-state index contributed by atoms with van der Waals surface area (Å²) >= 11 is 5.98. The van der Waals surface area contributed by atoms with Crippen LogP contribution < -0.4 is 10.6 Å². The standard InChI is InChI=1S/C15H12ClN3O3/c16-11-5-4-9-7-18(8-10(9)6-11)14-12(15(17)20)2-1-3-13(14)19(21)22/h1-6H,7-8H2,(H2,17,20). The van der Waals surface area contributed by atoms with E-state index in [1.165, 1.54) is 18.2 Å². The molecule has 112 valence electrons. The van der Waals surface area contributed by atoms with Crippen LogP contribution in [0.25, 0.3) is 0 Å². The third kappa shape index (κ3) is 2.37. The van der Waals surface area contributed by atoms with Gasteiger partial charge in [0.2, 0.25) is 0 Å². The van der Waals surface area contributed by atoms with Gasteiger partial charge < -0.3 is 10.6 Å². The topological polar surface area (TPSA) is 89.5 Å². The number of fused-ring (bicyclic) bond motifs is 1. The molecule has 6 nitrogen and oxygen atoms in total. The van der Waals surface area contributed by atoms with Crippen molar-refractivity contribution >= 4 is 28.9 Å². The Balaban J connectivity index is 2.09. The van der Waals surface area contributed by atoms with E-state index < -0.39 is 10.8 Å². The van der Waals surface area contributed by atoms with E-state index >= 15 is 0 Å². The summed E-state index contributed by atoms with van der Waals surface area (Å²) in [4.78, 5) is 24.2. The number of hydrogen-bond donors (Lipinski definition) is 1. The number of amides is 1. The summed E-state index contributed by atoms with van der Waals surface area (Å²) < 4.78 is 0. The van der Waals surface area contributed by atoms with Gasteiger partial charge in [-0.1, -0.05) is 23.7 Å². The maximum absolute atomic E-state index is 11.6. The summed E-state index contributed by atoms with van der Waals surface area (Å²) in [6.07, 6.45) is 0. The van der Waals surface area contributed by atoms with Crippen LogP contribution in [0.2, 0.25) is 5.02 Å². The maximum atomic E-state index is 11.6. The van der Waals surface area contributed by atoms with Gasteiger partial charge in [-0.2, -0.15) is 0 Å². The summed E-state index contributed by atoms with van der Waals surface area (Å²) in [6.45, 7) is 0.915. The number of anilines is 1. The molecule has 1 amide bonds. The van der Waals surface area contributed by atoms with E-state index in [0.29, 0.717) is 18.1 Å². The van der Waals surface area contributed by atoms with E-state index in [2.05, 4.69) is 0 Å². The number of carbonyl (C=O) groups excluding carboxylic acids is 1. The number of nitro groups is 1. The van der Waals surface area contributed by atoms with E-state index in [1.54, 1.807) is 11.0 Å². The zero-order chi connectivity index (χ0) is 15.9. The number of benzene rings is 2. The van der Waals surface area contributed by atoms with Crippen molar-refractivity contribution in [3.05, 3.63) is 68.2 Å². The molecule has 7 heteroatoms. The van der Waals surface area contributed by atoms with Gasteiger partial charge in [-0.25, -0.2) is 0 Å². The number of carbonyl (C=O) groups is 1. The summed E-state index contributed by atoms with van der Waals surface area (Å²) in [5.74, 6) is -0.687. The lowest BCUT2D eigenvalue weighted by Gasteiger charge is -2.20. The van der Waals surface area contributed by atoms with Gasteiger partial charge in [0, 0.05) is 24.2 Å². The maximum Gasteiger partial charge on any atom is 0.293 e. The van der Waals surface area contributed by atoms with E-state index in [4.69, 9.17) is 17.3 Å². The molecule has 0 fully saturated rings. The molecular formula is C15H12ClN3O3. The van der Waals surface area contributed by atoms with E-state index in [-0.39, 0.29) is 16.9 Å². The fourth-order valence-electron chi connectivity index (χ4n) is 2.73. The van der Waals surface area contributed by atoms with Gasteiger partial charge in [0.25, 0.3) is 11.6 Å². The highest BCUT2D eigenvalue weighted by atomic mass is 35.5. The van der Waals surface area contributed by atoms with E-state index in [9.17, 15) is 14.9 Å². The van der Waals surface area contributed by atoms with Crippen LogP contribution >= 0.6 is 11.6 Å². The van der Waals surface area contributed by atoms with Crippen molar-refractivity contribution in [2.75, 3.05) is 4.90 Å². The molecule has 0 unspecified atom stereocenters. The number of primary amides is 1. The molecule has 0 saturated carbocycles. The quantitative estimate of drug-likeness (QED) is 0.696. The van der Waals surface area contributed by atoms with Gasteiger partial charge in [0.05, 0.1) is 10.5 Å². The van der Waals surface area contributed by atoms with Crippen molar-refractivity contribution in [2.45, 2.75) is 13.1 Å². The van der Waals surface area contributed by atoms with Crippen LogP contribution in [0.1, 0.15) is 21.5 Å². The number of nitro benzene ring substituents is 1. The monoisotopic (exact) mass is 317 g/mol. The number of nitrogens with zero attached hydrogens (tertiary/aromatic N) is 2. The number of nitrogens with two attached hydrogens (primary N) is 1. The number of rotatable bonds is 3. The first-order valence-electron chi connectivity index (χ1n) is 6.57. The van der Waals surface area contributed by atoms with E-state index in [1.807, 2.05) is 12.1 Å². The molecule has 0 radical (unpaired) electrons. The summed E-state index contributed by atoms with van der Waals surface area (Å²) in [5.41, 5.74) is 7.66. The molecule has 0 saturated heterocycles. The molecule has 0 atom stereocenters. The highest BCUT2D eigenvalue weighted by molar-refractivity contribution is 6.30. The largest absolute Gasteiger partial charge is 0.366 e. The predicted octanol–water partition coefficient (Wildman–Crippen LogP) is 2.87. The van der Waals surface area contributed by atoms with Crippen LogP contribution in [0.4, 0.5) is 11.4 Å². The molecule has 2 N–H and O–H groups in total. The minimum absolute atomic E-state index is 0.129. The first-order chi connectivity index (χ1) is 10.5. The van der Waals surface area contributed by atoms with Crippen molar-refractivity contribution in [1.82, 2.24) is 0 Å². The van der Waals surface area contributed by atoms with Crippen molar-refractivity contribution in [3.8, 4) is 0 Å². The second-order valence-electron chi connectivity index (χ2n) is 5.06. The first kappa shape index (κ1) is 14.3. The number of halogens is 1. The Morgan fingerprint density at radius 3 is 2.64 bits per heavy atom. The fraction of sp³-hybridized carbons (Fsp3) is 0.133. The van der Waals surface area contributed by atoms with Gasteiger partial charge >= 0.3 is 0 Å². The summed E-state index contributed by atoms with van der Waals surface area (Å²) in [6, 6.07) is 9.82. The van der Waals surface area contributed by atoms with Crippen molar-refractivity contribution in [1.29, 1.82) is 0 Å². The Labute approximate surface area is 131 Å². The van der Waals surface area contributed by atoms with Gasteiger partial charge in [-0.05, 0) is 29.3 Å². The molecular weight excluding hydrogens is 306 g/mol. The third-order valence-electron chi connectivity index (χ3n) is 3.68. The summed E-state index contributed by atoms with van der Waals surface area (Å²) in [7, 11) is 0. The molecule has 0 aromatic heterocycles. The molecule has 3 rings (SSSR count). The van der Waals surface area contributed by atoms with Crippen LogP contribution in [0, 0.1) is 10.1 Å². The van der Waals surface area contributed by atoms with Crippen LogP contribution in [-0.4, -0.2) is 10.8 Å². The SMILES string of the molecule is NC(=O)c1cccc([N+](=O)[O-])c1N1Cc2ccc(Cl)cc2C1. The second kappa shape index (κ2) is 5.31. The van der Waals surface area contributed by atoms with Gasteiger partial charge in [-0.3, -0.25) is 14.9 Å². The highest BCUT2D eigenvalue weighted by Crippen LogP contribution is 2.37. The fourth-order valence-corrected chi connectivity index (χ4v) is 2.93. The molecule has 2 aromatic carbocycles. The highest BCUT2D eigenvalue weighted by Gasteiger charge is 2.29. The third-order valence-corrected chi connectivity index (χ3v) is 3.92. The lowest BCUT2D eigenvalue weighted by atomic mass is 10.1. The lowest BCUT2D eigenvalue weighted by molar-refractivity contribution is -0.384. The van der Waals surface area contributed by atoms with E-state index in [0.717, 1.165) is 11.1 Å². The van der Waals surface area contributed by atoms with Crippen molar-refractivity contribution in [2.24, 2.45) is 5.73 Å². The Morgan fingerprint density at radius 2 is 1.95 bits per heavy atom. The van der Waals surface area contributed by atoms with Crippen LogP contribution in [0.5, 0.6) is 0 Å². The van der Waals surface area contributed by atoms with Crippen molar-refractivity contribution in [3.63, 3.8) is 0 Å². The lowest BCUT2D eigenvalue weighted by Crippen LogP contribution is -2.22. The molecule has 0 bridgehead atoms. The Hall–Kier alpha value is -2.60. The van der Waals surface area contributed by atoms with Gasteiger partial charge in [0.15, 0.2) is 0 Å². The predicted molar refractivity (Wildman–Crippen MR) is 83.0 cm³/mol. The average Bonchev–Trinajstić information content (AvgIpc) is 2.88. The minimum Gasteiger partial charge on any atom is -0.366 e. The van der Waals surface area contributed by atoms with Crippen LogP contribution in [0.3, 0.4) is 0 Å². The zero-order valence-electron chi connectivity index (χ0n) is 11.5. The zero-order valence-corrected chi connectivity index (χ0v) is 12.2. The average molecular weight is 318 g/mol. The molecule has 0 aliphatic carbocycles. The molecule has 2 aromatic rings. The Bertz CT molecular complexity index is 759. The first-order valence-corrected chi connectivity index (χ1v) is 6.94. The van der Waals surface area contributed by atoms with Crippen LogP contribution in [-0.2, 0) is 13.1 Å². The van der Waals surface area contributed by atoms with Crippen molar-refractivity contribution < 1.29 is 9.72 Å². The Kier molecular flexibility index (Phi) is 3.46. The van der Waals surface area contributed by atoms with Gasteiger partial charge in [-0.15, -0.1) is 0 Å². The normalized spacial score (nSPS) is 13.0. The number of hydrogen-bond acceptors (Lipinski definition) is 4. The smallest absolute Gasteiger partial charge is 0.293 e. The minimum atomic E-state index is -0.687.